The van der Waals surface area contributed by atoms with Gasteiger partial charge in [-0.05, 0) is 62.3 Å². The van der Waals surface area contributed by atoms with Gasteiger partial charge in [0.25, 0.3) is 5.91 Å². The van der Waals surface area contributed by atoms with Crippen LogP contribution in [-0.4, -0.2) is 49.0 Å². The van der Waals surface area contributed by atoms with Crippen molar-refractivity contribution in [3.8, 4) is 5.75 Å². The molecular weight excluding hydrogens is 461 g/mol. The number of dihydropyridines is 1. The molecule has 2 aliphatic rings. The Morgan fingerprint density at radius 3 is 2.79 bits per heavy atom. The number of anilines is 1. The van der Waals surface area contributed by atoms with Gasteiger partial charge in [0.1, 0.15) is 23.4 Å². The average Bonchev–Trinajstić information content (AvgIpc) is 2.84. The number of benzene rings is 1. The number of allylic oxidation sites excluding steroid dienone is 2. The van der Waals surface area contributed by atoms with Crippen molar-refractivity contribution in [2.24, 2.45) is 0 Å². The van der Waals surface area contributed by atoms with Crippen LogP contribution < -0.4 is 26.0 Å². The normalized spacial score (nSPS) is 16.1. The van der Waals surface area contributed by atoms with Gasteiger partial charge >= 0.3 is 0 Å². The predicted octanol–water partition coefficient (Wildman–Crippen LogP) is 2.94. The maximum Gasteiger partial charge on any atom is 0.259 e. The van der Waals surface area contributed by atoms with Gasteiger partial charge in [-0.15, -0.1) is 0 Å². The van der Waals surface area contributed by atoms with Crippen LogP contribution in [0.3, 0.4) is 0 Å². The van der Waals surface area contributed by atoms with E-state index in [1.807, 2.05) is 0 Å². The molecule has 0 atom stereocenters. The molecule has 1 saturated heterocycles. The first-order valence-electron chi connectivity index (χ1n) is 11.0. The van der Waals surface area contributed by atoms with Crippen LogP contribution in [0.1, 0.15) is 33.7 Å². The number of nitrogens with one attached hydrogen (secondary N) is 4. The molecule has 8 nitrogen and oxygen atoms in total. The Morgan fingerprint density at radius 2 is 2.03 bits per heavy atom. The van der Waals surface area contributed by atoms with Crippen LogP contribution in [0.15, 0.2) is 59.5 Å². The molecule has 10 heteroatoms. The van der Waals surface area contributed by atoms with Gasteiger partial charge < -0.3 is 26.0 Å². The van der Waals surface area contributed by atoms with E-state index in [0.717, 1.165) is 25.9 Å². The molecule has 3 heterocycles. The molecule has 0 saturated carbocycles. The highest BCUT2D eigenvalue weighted by atomic mass is 35.5. The van der Waals surface area contributed by atoms with Gasteiger partial charge in [-0.3, -0.25) is 14.6 Å². The largest absolute Gasteiger partial charge is 0.489 e. The zero-order valence-electron chi connectivity index (χ0n) is 18.4. The number of hydrogen-bond acceptors (Lipinski definition) is 7. The third kappa shape index (κ3) is 6.12. The second-order valence-corrected chi connectivity index (χ2v) is 8.37. The smallest absolute Gasteiger partial charge is 0.259 e. The van der Waals surface area contributed by atoms with E-state index in [9.17, 15) is 14.0 Å². The number of carbonyl (C=O) groups is 2. The topological polar surface area (TPSA) is 104 Å². The molecule has 1 fully saturated rings. The second-order valence-electron chi connectivity index (χ2n) is 7.89. The molecule has 178 valence electrons. The maximum atomic E-state index is 13.9. The number of halogens is 2. The number of piperidine rings is 1. The predicted molar refractivity (Wildman–Crippen MR) is 127 cm³/mol. The lowest BCUT2D eigenvalue weighted by molar-refractivity contribution is 0.0989. The van der Waals surface area contributed by atoms with Gasteiger partial charge in [-0.25, -0.2) is 4.39 Å². The van der Waals surface area contributed by atoms with E-state index < -0.39 is 11.7 Å². The Kier molecular flexibility index (Phi) is 7.76. The van der Waals surface area contributed by atoms with Crippen molar-refractivity contribution in [3.63, 3.8) is 0 Å². The third-order valence-corrected chi connectivity index (χ3v) is 5.67. The van der Waals surface area contributed by atoms with Crippen LogP contribution in [0.4, 0.5) is 10.1 Å². The van der Waals surface area contributed by atoms with E-state index >= 15 is 0 Å². The third-order valence-electron chi connectivity index (χ3n) is 5.41. The number of Topliss-reactive ketones (excluding diaryl/α,β-unsaturated/α-hetero) is 1. The van der Waals surface area contributed by atoms with Crippen molar-refractivity contribution in [1.29, 1.82) is 0 Å². The molecule has 0 unspecified atom stereocenters. The summed E-state index contributed by atoms with van der Waals surface area (Å²) < 4.78 is 19.9. The SMILES string of the molecule is O=C(Nc1cccnc1C(=O)CNC1=CC=C(Cl)CN1)c1ccc(F)cc1OC1CCNCC1. The number of ether oxygens (including phenoxy) is 1. The van der Waals surface area contributed by atoms with Gasteiger partial charge in [0.15, 0.2) is 0 Å². The molecule has 1 amide bonds. The summed E-state index contributed by atoms with van der Waals surface area (Å²) in [5.41, 5.74) is 0.543. The number of rotatable bonds is 8. The minimum absolute atomic E-state index is 0.0369. The summed E-state index contributed by atoms with van der Waals surface area (Å²) in [6, 6.07) is 7.00. The highest BCUT2D eigenvalue weighted by molar-refractivity contribution is 6.30. The fourth-order valence-electron chi connectivity index (χ4n) is 3.64. The van der Waals surface area contributed by atoms with Crippen molar-refractivity contribution in [1.82, 2.24) is 20.9 Å². The van der Waals surface area contributed by atoms with E-state index in [1.165, 1.54) is 24.4 Å². The number of carbonyl (C=O) groups excluding carboxylic acids is 2. The number of nitrogens with zero attached hydrogens (tertiary/aromatic N) is 1. The number of aromatic nitrogens is 1. The summed E-state index contributed by atoms with van der Waals surface area (Å²) in [5.74, 6) is -0.499. The monoisotopic (exact) mass is 485 g/mol. The first-order valence-corrected chi connectivity index (χ1v) is 11.4. The van der Waals surface area contributed by atoms with Crippen molar-refractivity contribution in [3.05, 3.63) is 76.6 Å². The average molecular weight is 486 g/mol. The lowest BCUT2D eigenvalue weighted by Gasteiger charge is -2.25. The number of ketones is 1. The molecule has 0 bridgehead atoms. The lowest BCUT2D eigenvalue weighted by atomic mass is 10.1. The zero-order chi connectivity index (χ0) is 23.9. The van der Waals surface area contributed by atoms with Crippen LogP contribution in [0.5, 0.6) is 5.75 Å². The molecule has 34 heavy (non-hydrogen) atoms. The standard InChI is InChI=1S/C24H25ClFN5O3/c25-15-3-6-22(29-13-15)30-14-20(32)23-19(2-1-9-28-23)31-24(33)18-5-4-16(26)12-21(18)34-17-7-10-27-11-8-17/h1-6,9,12,17,27,29-30H,7-8,10-11,13-14H2,(H,31,33). The molecule has 0 aliphatic carbocycles. The van der Waals surface area contributed by atoms with Gasteiger partial charge in [0.05, 0.1) is 30.2 Å². The molecule has 2 aromatic rings. The minimum atomic E-state index is -0.518. The summed E-state index contributed by atoms with van der Waals surface area (Å²) in [6.45, 7) is 2.03. The molecule has 1 aromatic heterocycles. The van der Waals surface area contributed by atoms with E-state index in [1.54, 1.807) is 24.3 Å². The zero-order valence-corrected chi connectivity index (χ0v) is 19.1. The Labute approximate surface area is 201 Å². The number of amides is 1. The molecular formula is C24H25ClFN5O3. The maximum absolute atomic E-state index is 13.9. The summed E-state index contributed by atoms with van der Waals surface area (Å²) in [6.07, 6.45) is 6.37. The highest BCUT2D eigenvalue weighted by Gasteiger charge is 2.22. The van der Waals surface area contributed by atoms with Crippen LogP contribution in [0.25, 0.3) is 0 Å². The number of hydrogen-bond donors (Lipinski definition) is 4. The van der Waals surface area contributed by atoms with E-state index in [-0.39, 0.29) is 41.1 Å². The summed E-state index contributed by atoms with van der Waals surface area (Å²) in [7, 11) is 0. The van der Waals surface area contributed by atoms with E-state index in [0.29, 0.717) is 17.4 Å². The molecule has 4 N–H and O–H groups in total. The van der Waals surface area contributed by atoms with Crippen LogP contribution >= 0.6 is 11.6 Å². The fourth-order valence-corrected chi connectivity index (χ4v) is 3.77. The summed E-state index contributed by atoms with van der Waals surface area (Å²) in [4.78, 5) is 30.0. The Hall–Kier alpha value is -3.43. The van der Waals surface area contributed by atoms with Crippen LogP contribution in [0.2, 0.25) is 0 Å². The Balaban J connectivity index is 1.47. The van der Waals surface area contributed by atoms with Gasteiger partial charge in [-0.1, -0.05) is 11.6 Å². The second kappa shape index (κ2) is 11.1. The fraction of sp³-hybridized carbons (Fsp3) is 0.292. The summed E-state index contributed by atoms with van der Waals surface area (Å²) >= 11 is 5.91. The Bertz CT molecular complexity index is 1130. The minimum Gasteiger partial charge on any atom is -0.489 e. The van der Waals surface area contributed by atoms with Gasteiger partial charge in [0.2, 0.25) is 5.78 Å². The molecule has 0 spiro atoms. The van der Waals surface area contributed by atoms with Crippen molar-refractivity contribution >= 4 is 29.0 Å². The van der Waals surface area contributed by atoms with Gasteiger partial charge in [-0.2, -0.15) is 0 Å². The number of pyridine rings is 1. The molecule has 2 aliphatic heterocycles. The first-order chi connectivity index (χ1) is 16.5. The lowest BCUT2D eigenvalue weighted by Crippen LogP contribution is -2.34. The molecule has 4 rings (SSSR count). The van der Waals surface area contributed by atoms with Gasteiger partial charge in [0, 0.05) is 17.3 Å². The molecule has 1 aromatic carbocycles. The Morgan fingerprint density at radius 1 is 1.21 bits per heavy atom. The first kappa shape index (κ1) is 23.7. The van der Waals surface area contributed by atoms with Crippen molar-refractivity contribution in [2.45, 2.75) is 18.9 Å². The van der Waals surface area contributed by atoms with Crippen molar-refractivity contribution < 1.29 is 18.7 Å². The highest BCUT2D eigenvalue weighted by Crippen LogP contribution is 2.25. The molecule has 0 radical (unpaired) electrons. The van der Waals surface area contributed by atoms with Crippen LogP contribution in [-0.2, 0) is 0 Å². The van der Waals surface area contributed by atoms with E-state index in [4.69, 9.17) is 16.3 Å². The van der Waals surface area contributed by atoms with Crippen molar-refractivity contribution in [2.75, 3.05) is 31.5 Å². The quantitative estimate of drug-likeness (QED) is 0.426. The van der Waals surface area contributed by atoms with E-state index in [2.05, 4.69) is 26.3 Å². The van der Waals surface area contributed by atoms with Crippen LogP contribution in [0, 0.1) is 5.82 Å². The summed E-state index contributed by atoms with van der Waals surface area (Å²) in [5, 5.41) is 12.7.